The van der Waals surface area contributed by atoms with Gasteiger partial charge in [-0.05, 0) is 48.5 Å². The third-order valence-electron chi connectivity index (χ3n) is 4.22. The highest BCUT2D eigenvalue weighted by Gasteiger charge is 2.29. The van der Waals surface area contributed by atoms with Gasteiger partial charge < -0.3 is 4.90 Å². The summed E-state index contributed by atoms with van der Waals surface area (Å²) in [6, 6.07) is 12.0. The molecular formula is C18H18ClFN2O3S2. The molecule has 2 aromatic carbocycles. The van der Waals surface area contributed by atoms with Crippen molar-refractivity contribution < 1.29 is 17.6 Å². The van der Waals surface area contributed by atoms with Crippen LogP contribution in [-0.2, 0) is 14.8 Å². The molecule has 144 valence electrons. The summed E-state index contributed by atoms with van der Waals surface area (Å²) in [5.41, 5.74) is 0. The van der Waals surface area contributed by atoms with Crippen molar-refractivity contribution in [2.75, 3.05) is 31.9 Å². The van der Waals surface area contributed by atoms with Crippen LogP contribution in [0.5, 0.6) is 0 Å². The molecule has 0 radical (unpaired) electrons. The Kier molecular flexibility index (Phi) is 6.41. The molecule has 5 nitrogen and oxygen atoms in total. The zero-order chi connectivity index (χ0) is 19.4. The Morgan fingerprint density at radius 2 is 1.59 bits per heavy atom. The van der Waals surface area contributed by atoms with Crippen LogP contribution in [0.3, 0.4) is 0 Å². The predicted molar refractivity (Wildman–Crippen MR) is 104 cm³/mol. The van der Waals surface area contributed by atoms with Gasteiger partial charge in [0, 0.05) is 36.1 Å². The summed E-state index contributed by atoms with van der Waals surface area (Å²) >= 11 is 7.14. The Bertz CT molecular complexity index is 897. The highest BCUT2D eigenvalue weighted by molar-refractivity contribution is 8.00. The quantitative estimate of drug-likeness (QED) is 0.686. The molecule has 0 saturated carbocycles. The molecule has 0 N–H and O–H groups in total. The van der Waals surface area contributed by atoms with Crippen LogP contribution in [0.15, 0.2) is 58.3 Å². The summed E-state index contributed by atoms with van der Waals surface area (Å²) in [6.45, 7) is 1.18. The number of sulfonamides is 1. The maximum absolute atomic E-state index is 12.9. The van der Waals surface area contributed by atoms with Crippen molar-refractivity contribution in [3.8, 4) is 0 Å². The van der Waals surface area contributed by atoms with Gasteiger partial charge in [0.05, 0.1) is 10.6 Å². The Labute approximate surface area is 167 Å². The zero-order valence-corrected chi connectivity index (χ0v) is 16.7. The van der Waals surface area contributed by atoms with Crippen LogP contribution in [-0.4, -0.2) is 55.5 Å². The number of amides is 1. The lowest BCUT2D eigenvalue weighted by Gasteiger charge is -2.34. The highest BCUT2D eigenvalue weighted by Crippen LogP contribution is 2.21. The maximum Gasteiger partial charge on any atom is 0.243 e. The average Bonchev–Trinajstić information content (AvgIpc) is 2.68. The molecule has 1 amide bonds. The summed E-state index contributed by atoms with van der Waals surface area (Å²) in [6.07, 6.45) is 0. The molecular weight excluding hydrogens is 411 g/mol. The molecule has 9 heteroatoms. The fourth-order valence-corrected chi connectivity index (χ4v) is 5.05. The number of benzene rings is 2. The van der Waals surface area contributed by atoms with Crippen LogP contribution in [0.25, 0.3) is 0 Å². The van der Waals surface area contributed by atoms with E-state index in [1.54, 1.807) is 29.2 Å². The maximum atomic E-state index is 12.9. The van der Waals surface area contributed by atoms with Gasteiger partial charge in [-0.15, -0.1) is 11.8 Å². The first-order valence-electron chi connectivity index (χ1n) is 8.28. The van der Waals surface area contributed by atoms with Gasteiger partial charge in [0.15, 0.2) is 0 Å². The number of nitrogens with zero attached hydrogens (tertiary/aromatic N) is 2. The summed E-state index contributed by atoms with van der Waals surface area (Å²) in [4.78, 5) is 15.0. The van der Waals surface area contributed by atoms with E-state index < -0.39 is 10.0 Å². The van der Waals surface area contributed by atoms with Crippen molar-refractivity contribution >= 4 is 39.3 Å². The Hall–Kier alpha value is -1.61. The van der Waals surface area contributed by atoms with Crippen LogP contribution >= 0.6 is 23.4 Å². The second kappa shape index (κ2) is 8.60. The number of hydrogen-bond donors (Lipinski definition) is 0. The number of thioether (sulfide) groups is 1. The summed E-state index contributed by atoms with van der Waals surface area (Å²) in [5, 5.41) is 0.475. The number of carbonyl (C=O) groups excluding carboxylic acids is 1. The molecule has 1 aliphatic heterocycles. The van der Waals surface area contributed by atoms with Gasteiger partial charge in [0.25, 0.3) is 0 Å². The van der Waals surface area contributed by atoms with E-state index >= 15 is 0 Å². The first-order valence-corrected chi connectivity index (χ1v) is 11.1. The SMILES string of the molecule is O=C(CSc1ccc(F)cc1)N1CCN(S(=O)(=O)c2ccc(Cl)cc2)CC1. The largest absolute Gasteiger partial charge is 0.339 e. The predicted octanol–water partition coefficient (Wildman–Crippen LogP) is 3.10. The molecule has 2 aromatic rings. The first-order chi connectivity index (χ1) is 12.9. The smallest absolute Gasteiger partial charge is 0.243 e. The molecule has 3 rings (SSSR count). The molecule has 0 aliphatic carbocycles. The fourth-order valence-electron chi connectivity index (χ4n) is 2.70. The van der Waals surface area contributed by atoms with Gasteiger partial charge >= 0.3 is 0 Å². The third-order valence-corrected chi connectivity index (χ3v) is 7.38. The van der Waals surface area contributed by atoms with E-state index in [4.69, 9.17) is 11.6 Å². The summed E-state index contributed by atoms with van der Waals surface area (Å²) in [5.74, 6) is -0.146. The molecule has 1 fully saturated rings. The molecule has 0 unspecified atom stereocenters. The van der Waals surface area contributed by atoms with Crippen LogP contribution in [0.1, 0.15) is 0 Å². The minimum atomic E-state index is -3.59. The van der Waals surface area contributed by atoms with Crippen molar-refractivity contribution in [1.29, 1.82) is 0 Å². The van der Waals surface area contributed by atoms with Crippen molar-refractivity contribution in [2.24, 2.45) is 0 Å². The Balaban J connectivity index is 1.54. The van der Waals surface area contributed by atoms with E-state index in [-0.39, 0.29) is 35.5 Å². The standard InChI is InChI=1S/C18H18ClFN2O3S2/c19-14-1-7-17(8-2-14)27(24,25)22-11-9-21(10-12-22)18(23)13-26-16-5-3-15(20)4-6-16/h1-8H,9-13H2. The van der Waals surface area contributed by atoms with Crippen LogP contribution in [0, 0.1) is 5.82 Å². The van der Waals surface area contributed by atoms with E-state index in [2.05, 4.69) is 0 Å². The fraction of sp³-hybridized carbons (Fsp3) is 0.278. The monoisotopic (exact) mass is 428 g/mol. The lowest BCUT2D eigenvalue weighted by atomic mass is 10.3. The molecule has 1 heterocycles. The molecule has 0 aromatic heterocycles. The molecule has 0 spiro atoms. The van der Waals surface area contributed by atoms with Crippen LogP contribution in [0.4, 0.5) is 4.39 Å². The zero-order valence-electron chi connectivity index (χ0n) is 14.3. The molecule has 1 saturated heterocycles. The molecule has 1 aliphatic rings. The van der Waals surface area contributed by atoms with Crippen LogP contribution < -0.4 is 0 Å². The van der Waals surface area contributed by atoms with E-state index in [0.717, 1.165) is 4.90 Å². The number of carbonyl (C=O) groups is 1. The van der Waals surface area contributed by atoms with E-state index in [1.807, 2.05) is 0 Å². The van der Waals surface area contributed by atoms with Crippen molar-refractivity contribution in [1.82, 2.24) is 9.21 Å². The topological polar surface area (TPSA) is 57.7 Å². The number of piperazine rings is 1. The van der Waals surface area contributed by atoms with E-state index in [0.29, 0.717) is 18.1 Å². The lowest BCUT2D eigenvalue weighted by molar-refractivity contribution is -0.129. The average molecular weight is 429 g/mol. The van der Waals surface area contributed by atoms with E-state index in [1.165, 1.54) is 40.3 Å². The minimum Gasteiger partial charge on any atom is -0.339 e. The normalized spacial score (nSPS) is 15.7. The Morgan fingerprint density at radius 1 is 1.00 bits per heavy atom. The number of halogens is 2. The van der Waals surface area contributed by atoms with Gasteiger partial charge in [-0.1, -0.05) is 11.6 Å². The summed E-state index contributed by atoms with van der Waals surface area (Å²) in [7, 11) is -3.59. The molecule has 0 bridgehead atoms. The third kappa shape index (κ3) is 5.01. The second-order valence-corrected chi connectivity index (χ2v) is 9.40. The Morgan fingerprint density at radius 3 is 2.19 bits per heavy atom. The van der Waals surface area contributed by atoms with Crippen molar-refractivity contribution in [3.05, 3.63) is 59.4 Å². The van der Waals surface area contributed by atoms with Gasteiger partial charge in [0.2, 0.25) is 15.9 Å². The minimum absolute atomic E-state index is 0.0622. The number of rotatable bonds is 5. The van der Waals surface area contributed by atoms with Gasteiger partial charge in [-0.2, -0.15) is 4.31 Å². The first kappa shape index (κ1) is 20.1. The van der Waals surface area contributed by atoms with Crippen molar-refractivity contribution in [2.45, 2.75) is 9.79 Å². The molecule has 27 heavy (non-hydrogen) atoms. The van der Waals surface area contributed by atoms with Gasteiger partial charge in [-0.25, -0.2) is 12.8 Å². The van der Waals surface area contributed by atoms with Gasteiger partial charge in [-0.3, -0.25) is 4.79 Å². The number of hydrogen-bond acceptors (Lipinski definition) is 4. The molecule has 0 atom stereocenters. The van der Waals surface area contributed by atoms with E-state index in [9.17, 15) is 17.6 Å². The van der Waals surface area contributed by atoms with Gasteiger partial charge in [0.1, 0.15) is 5.82 Å². The highest BCUT2D eigenvalue weighted by atomic mass is 35.5. The summed E-state index contributed by atoms with van der Waals surface area (Å²) < 4.78 is 39.6. The lowest BCUT2D eigenvalue weighted by Crippen LogP contribution is -2.50. The second-order valence-electron chi connectivity index (χ2n) is 5.98. The van der Waals surface area contributed by atoms with Crippen LogP contribution in [0.2, 0.25) is 5.02 Å². The van der Waals surface area contributed by atoms with Crippen molar-refractivity contribution in [3.63, 3.8) is 0 Å².